The van der Waals surface area contributed by atoms with E-state index in [1.165, 1.54) is 94.8 Å². The van der Waals surface area contributed by atoms with E-state index in [9.17, 15) is 0 Å². The van der Waals surface area contributed by atoms with Crippen LogP contribution in [0.1, 0.15) is 60.8 Å². The minimum atomic E-state index is -0.242. The van der Waals surface area contributed by atoms with Gasteiger partial charge in [0, 0.05) is 33.2 Å². The molecule has 9 rings (SSSR count). The maximum absolute atomic E-state index is 4.56. The number of allylic oxidation sites excluding steroid dienone is 6. The summed E-state index contributed by atoms with van der Waals surface area (Å²) in [6, 6.07) is 40.9. The molecule has 0 amide bonds. The molecule has 0 saturated heterocycles. The Morgan fingerprint density at radius 2 is 1.44 bits per heavy atom. The van der Waals surface area contributed by atoms with Gasteiger partial charge in [0.1, 0.15) is 0 Å². The molecule has 1 atom stereocenters. The maximum Gasteiger partial charge on any atom is 0.0424 e. The van der Waals surface area contributed by atoms with E-state index in [1.807, 2.05) is 36.3 Å². The molecule has 6 aromatic carbocycles. The van der Waals surface area contributed by atoms with Crippen LogP contribution < -0.4 is 0 Å². The number of aryl methyl sites for hydroxylation is 1. The Kier molecular flexibility index (Phi) is 7.80. The normalized spacial score (nSPS) is 19.0. The van der Waals surface area contributed by atoms with Crippen molar-refractivity contribution in [3.8, 4) is 0 Å². The Hall–Kier alpha value is -5.14. The average Bonchev–Trinajstić information content (AvgIpc) is 3.42. The summed E-state index contributed by atoms with van der Waals surface area (Å²) in [5.74, 6) is 0.626. The molecule has 1 heterocycles. The second-order valence-corrected chi connectivity index (χ2v) is 15.4. The summed E-state index contributed by atoms with van der Waals surface area (Å²) in [6.07, 6.45) is 17.3. The minimum Gasteiger partial charge on any atom is -0.263 e. The van der Waals surface area contributed by atoms with Crippen molar-refractivity contribution in [2.24, 2.45) is 4.99 Å². The summed E-state index contributed by atoms with van der Waals surface area (Å²) in [7, 11) is 0. The van der Waals surface area contributed by atoms with Crippen LogP contribution in [0.4, 0.5) is 0 Å². The van der Waals surface area contributed by atoms with Crippen molar-refractivity contribution in [2.45, 2.75) is 60.7 Å². The van der Waals surface area contributed by atoms with Crippen molar-refractivity contribution in [1.29, 1.82) is 0 Å². The summed E-state index contributed by atoms with van der Waals surface area (Å²) in [4.78, 5) is 7.29. The molecule has 6 aromatic rings. The zero-order valence-electron chi connectivity index (χ0n) is 28.6. The lowest BCUT2D eigenvalue weighted by Gasteiger charge is -2.34. The Morgan fingerprint density at radius 3 is 2.16 bits per heavy atom. The molecule has 242 valence electrons. The summed E-state index contributed by atoms with van der Waals surface area (Å²) < 4.78 is 0. The summed E-state index contributed by atoms with van der Waals surface area (Å²) in [5.41, 5.74) is 12.3. The second-order valence-electron chi connectivity index (χ2n) is 14.3. The molecule has 0 bridgehead atoms. The predicted octanol–water partition coefficient (Wildman–Crippen LogP) is 13.2. The largest absolute Gasteiger partial charge is 0.263 e. The van der Waals surface area contributed by atoms with Crippen molar-refractivity contribution < 1.29 is 0 Å². The first kappa shape index (κ1) is 30.9. The van der Waals surface area contributed by atoms with E-state index in [-0.39, 0.29) is 5.41 Å². The van der Waals surface area contributed by atoms with Gasteiger partial charge in [-0.2, -0.15) is 0 Å². The van der Waals surface area contributed by atoms with Crippen molar-refractivity contribution in [3.63, 3.8) is 0 Å². The topological polar surface area (TPSA) is 12.4 Å². The van der Waals surface area contributed by atoms with E-state index in [2.05, 4.69) is 146 Å². The van der Waals surface area contributed by atoms with Gasteiger partial charge in [-0.1, -0.05) is 128 Å². The summed E-state index contributed by atoms with van der Waals surface area (Å²) >= 11 is 1.93. The Labute approximate surface area is 299 Å². The number of hydrogen-bond donors (Lipinski definition) is 0. The lowest BCUT2D eigenvalue weighted by atomic mass is 9.70. The SMILES string of the molecule is Cc1ccccc1Sc1ccc(C2=CC(C3=C=CC=CN=C3)=CC(C)(c3ccc4c5ccccc5c5ccccc5c4c3)C2)cc1C1CCC1. The molecule has 0 spiro atoms. The lowest BCUT2D eigenvalue weighted by Crippen LogP contribution is -2.23. The number of fused-ring (bicyclic) bond motifs is 6. The van der Waals surface area contributed by atoms with Crippen LogP contribution in [0, 0.1) is 6.92 Å². The Morgan fingerprint density at radius 1 is 0.740 bits per heavy atom. The fourth-order valence-corrected chi connectivity index (χ4v) is 9.16. The highest BCUT2D eigenvalue weighted by molar-refractivity contribution is 7.99. The first-order chi connectivity index (χ1) is 24.5. The van der Waals surface area contributed by atoms with Crippen molar-refractivity contribution in [1.82, 2.24) is 0 Å². The van der Waals surface area contributed by atoms with E-state index in [1.54, 1.807) is 0 Å². The lowest BCUT2D eigenvalue weighted by molar-refractivity contribution is 0.414. The smallest absolute Gasteiger partial charge is 0.0424 e. The molecule has 3 aliphatic rings. The summed E-state index contributed by atoms with van der Waals surface area (Å²) in [6.45, 7) is 4.63. The van der Waals surface area contributed by atoms with Crippen molar-refractivity contribution in [3.05, 3.63) is 179 Å². The van der Waals surface area contributed by atoms with Crippen LogP contribution in [0.2, 0.25) is 0 Å². The molecule has 2 heteroatoms. The van der Waals surface area contributed by atoms with Gasteiger partial charge < -0.3 is 0 Å². The molecular formula is C48H39NS. The Bertz CT molecular complexity index is 2500. The molecule has 0 N–H and O–H groups in total. The van der Waals surface area contributed by atoms with E-state index in [4.69, 9.17) is 0 Å². The monoisotopic (exact) mass is 661 g/mol. The van der Waals surface area contributed by atoms with Crippen LogP contribution in [0.3, 0.4) is 0 Å². The molecule has 1 saturated carbocycles. The first-order valence-corrected chi connectivity index (χ1v) is 18.7. The van der Waals surface area contributed by atoms with E-state index >= 15 is 0 Å². The van der Waals surface area contributed by atoms with Gasteiger partial charge in [0.25, 0.3) is 0 Å². The van der Waals surface area contributed by atoms with Crippen LogP contribution in [-0.2, 0) is 5.41 Å². The third-order valence-electron chi connectivity index (χ3n) is 11.0. The standard InChI is InChI=1S/C48H39NS/c1-32-12-3-8-20-46(32)50-47-24-21-34(27-44(47)33-14-11-15-33)36-26-37(35-13-9-10-25-49-31-35)30-48(2,29-36)38-22-23-43-41-18-5-4-16-39(41)40-17-6-7-19-42(40)45(43)28-38/h3-10,12,16-28,30-31,33H,11,14-15,29H2,1-2H3. The number of benzene rings is 6. The number of aliphatic imine (C=N–C) groups is 1. The van der Waals surface area contributed by atoms with Gasteiger partial charge in [-0.05, 0) is 128 Å². The van der Waals surface area contributed by atoms with Crippen LogP contribution in [0.25, 0.3) is 37.9 Å². The fraction of sp³-hybridized carbons (Fsp3) is 0.167. The number of rotatable bonds is 6. The van der Waals surface area contributed by atoms with E-state index in [0.29, 0.717) is 5.92 Å². The molecule has 50 heavy (non-hydrogen) atoms. The third-order valence-corrected chi connectivity index (χ3v) is 12.3. The van der Waals surface area contributed by atoms with Gasteiger partial charge in [0.2, 0.25) is 0 Å². The highest BCUT2D eigenvalue weighted by atomic mass is 32.2. The zero-order chi connectivity index (χ0) is 33.7. The van der Waals surface area contributed by atoms with E-state index in [0.717, 1.165) is 12.0 Å². The van der Waals surface area contributed by atoms with E-state index < -0.39 is 0 Å². The van der Waals surface area contributed by atoms with Crippen LogP contribution >= 0.6 is 11.8 Å². The maximum atomic E-state index is 4.56. The Balaban J connectivity index is 1.19. The van der Waals surface area contributed by atoms with Crippen LogP contribution in [0.15, 0.2) is 171 Å². The van der Waals surface area contributed by atoms with Gasteiger partial charge in [-0.3, -0.25) is 4.99 Å². The minimum absolute atomic E-state index is 0.242. The second kappa shape index (κ2) is 12.6. The average molecular weight is 662 g/mol. The quantitative estimate of drug-likeness (QED) is 0.128. The predicted molar refractivity (Wildman–Crippen MR) is 215 cm³/mol. The number of hydrogen-bond acceptors (Lipinski definition) is 2. The summed E-state index contributed by atoms with van der Waals surface area (Å²) in [5, 5.41) is 7.86. The number of nitrogens with zero attached hydrogens (tertiary/aromatic N) is 1. The van der Waals surface area contributed by atoms with Gasteiger partial charge in [-0.25, -0.2) is 0 Å². The molecular weight excluding hydrogens is 623 g/mol. The van der Waals surface area contributed by atoms with Crippen LogP contribution in [0.5, 0.6) is 0 Å². The molecule has 0 aromatic heterocycles. The molecule has 1 aliphatic heterocycles. The van der Waals surface area contributed by atoms with Gasteiger partial charge >= 0.3 is 0 Å². The van der Waals surface area contributed by atoms with Gasteiger partial charge in [-0.15, -0.1) is 5.73 Å². The fourth-order valence-electron chi connectivity index (χ4n) is 8.07. The van der Waals surface area contributed by atoms with Gasteiger partial charge in [0.15, 0.2) is 0 Å². The molecule has 1 fully saturated rings. The molecule has 1 nitrogen and oxygen atoms in total. The molecule has 2 aliphatic carbocycles. The van der Waals surface area contributed by atoms with Gasteiger partial charge in [0.05, 0.1) is 0 Å². The highest BCUT2D eigenvalue weighted by Crippen LogP contribution is 2.48. The van der Waals surface area contributed by atoms with Crippen molar-refractivity contribution >= 4 is 55.9 Å². The van der Waals surface area contributed by atoms with Crippen LogP contribution in [-0.4, -0.2) is 6.21 Å². The molecule has 0 radical (unpaired) electrons. The first-order valence-electron chi connectivity index (χ1n) is 17.8. The zero-order valence-corrected chi connectivity index (χ0v) is 29.4. The third kappa shape index (κ3) is 5.50. The highest BCUT2D eigenvalue weighted by Gasteiger charge is 2.32. The molecule has 1 unspecified atom stereocenters. The van der Waals surface area contributed by atoms with Crippen molar-refractivity contribution in [2.75, 3.05) is 0 Å².